The van der Waals surface area contributed by atoms with Crippen LogP contribution in [0.1, 0.15) is 40.0 Å². The second-order valence-electron chi connectivity index (χ2n) is 4.86. The van der Waals surface area contributed by atoms with Gasteiger partial charge < -0.3 is 5.21 Å². The van der Waals surface area contributed by atoms with Gasteiger partial charge in [0.25, 0.3) is 0 Å². The molecule has 0 heterocycles. The van der Waals surface area contributed by atoms with E-state index in [0.29, 0.717) is 5.41 Å². The van der Waals surface area contributed by atoms with Gasteiger partial charge in [-0.15, -0.1) is 0 Å². The van der Waals surface area contributed by atoms with E-state index in [1.165, 1.54) is 12.0 Å². The molecule has 1 unspecified atom stereocenters. The first-order valence-corrected chi connectivity index (χ1v) is 4.90. The highest BCUT2D eigenvalue weighted by Gasteiger charge is 2.25. The minimum absolute atomic E-state index is 0.401. The van der Waals surface area contributed by atoms with Crippen molar-refractivity contribution in [1.82, 2.24) is 0 Å². The van der Waals surface area contributed by atoms with E-state index in [-0.39, 0.29) is 0 Å². The smallest absolute Gasteiger partial charge is 0.0690 e. The van der Waals surface area contributed by atoms with Gasteiger partial charge in [0.1, 0.15) is 0 Å². The number of allylic oxidation sites excluding steroid dienone is 2. The molecular weight excluding hydrogens is 162 g/mol. The van der Waals surface area contributed by atoms with Crippen LogP contribution >= 0.6 is 0 Å². The summed E-state index contributed by atoms with van der Waals surface area (Å²) in [5.41, 5.74) is 1.57. The Balaban J connectivity index is 2.56. The summed E-state index contributed by atoms with van der Waals surface area (Å²) in [5, 5.41) is 11.4. The Kier molecular flexibility index (Phi) is 3.12. The van der Waals surface area contributed by atoms with Crippen molar-refractivity contribution in [2.45, 2.75) is 40.0 Å². The highest BCUT2D eigenvalue weighted by molar-refractivity contribution is 5.78. The summed E-state index contributed by atoms with van der Waals surface area (Å²) in [6, 6.07) is 0. The fraction of sp³-hybridized carbons (Fsp3) is 0.727. The zero-order chi connectivity index (χ0) is 9.90. The highest BCUT2D eigenvalue weighted by Crippen LogP contribution is 2.36. The average molecular weight is 181 g/mol. The molecule has 0 aliphatic heterocycles. The van der Waals surface area contributed by atoms with Gasteiger partial charge in [-0.2, -0.15) is 0 Å². The molecule has 0 bridgehead atoms. The first-order chi connectivity index (χ1) is 6.04. The SMILES string of the molecule is CC(C)(C)C1CC=C(/C=N/O)CC1. The van der Waals surface area contributed by atoms with Gasteiger partial charge >= 0.3 is 0 Å². The third-order valence-electron chi connectivity index (χ3n) is 2.89. The monoisotopic (exact) mass is 181 g/mol. The van der Waals surface area contributed by atoms with Crippen molar-refractivity contribution in [3.8, 4) is 0 Å². The Morgan fingerprint density at radius 1 is 1.54 bits per heavy atom. The van der Waals surface area contributed by atoms with E-state index < -0.39 is 0 Å². The van der Waals surface area contributed by atoms with Crippen molar-refractivity contribution in [1.29, 1.82) is 0 Å². The molecule has 0 radical (unpaired) electrons. The molecule has 0 aromatic heterocycles. The summed E-state index contributed by atoms with van der Waals surface area (Å²) in [6.07, 6.45) is 7.12. The van der Waals surface area contributed by atoms with Crippen LogP contribution in [0.5, 0.6) is 0 Å². The highest BCUT2D eigenvalue weighted by atomic mass is 16.4. The summed E-state index contributed by atoms with van der Waals surface area (Å²) in [4.78, 5) is 0. The van der Waals surface area contributed by atoms with Crippen molar-refractivity contribution in [2.24, 2.45) is 16.5 Å². The molecule has 0 fully saturated rings. The Morgan fingerprint density at radius 2 is 2.23 bits per heavy atom. The Labute approximate surface area is 80.3 Å². The third kappa shape index (κ3) is 2.87. The maximum atomic E-state index is 8.37. The number of hydrogen-bond acceptors (Lipinski definition) is 2. The summed E-state index contributed by atoms with van der Waals surface area (Å²) in [6.45, 7) is 6.86. The summed E-state index contributed by atoms with van der Waals surface area (Å²) in [7, 11) is 0. The molecule has 0 saturated heterocycles. The zero-order valence-corrected chi connectivity index (χ0v) is 8.75. The molecule has 0 amide bonds. The van der Waals surface area contributed by atoms with E-state index in [4.69, 9.17) is 5.21 Å². The Hall–Kier alpha value is -0.790. The van der Waals surface area contributed by atoms with Crippen LogP contribution in [-0.2, 0) is 0 Å². The molecule has 0 saturated carbocycles. The van der Waals surface area contributed by atoms with Crippen LogP contribution in [-0.4, -0.2) is 11.4 Å². The molecule has 1 rings (SSSR count). The van der Waals surface area contributed by atoms with E-state index in [9.17, 15) is 0 Å². The topological polar surface area (TPSA) is 32.6 Å². The van der Waals surface area contributed by atoms with Crippen molar-refractivity contribution in [3.63, 3.8) is 0 Å². The van der Waals surface area contributed by atoms with Crippen molar-refractivity contribution in [3.05, 3.63) is 11.6 Å². The summed E-state index contributed by atoms with van der Waals surface area (Å²) >= 11 is 0. The molecule has 13 heavy (non-hydrogen) atoms. The van der Waals surface area contributed by atoms with E-state index in [1.54, 1.807) is 6.21 Å². The standard InChI is InChI=1S/C11H19NO/c1-11(2,3)10-6-4-9(5-7-10)8-12-13/h4,8,10,13H,5-7H2,1-3H3/b12-8+. The lowest BCUT2D eigenvalue weighted by molar-refractivity contribution is 0.222. The molecule has 1 N–H and O–H groups in total. The number of hydrogen-bond donors (Lipinski definition) is 1. The van der Waals surface area contributed by atoms with Gasteiger partial charge in [0.05, 0.1) is 6.21 Å². The van der Waals surface area contributed by atoms with Gasteiger partial charge in [0.2, 0.25) is 0 Å². The van der Waals surface area contributed by atoms with E-state index in [0.717, 1.165) is 18.8 Å². The van der Waals surface area contributed by atoms with Crippen molar-refractivity contribution >= 4 is 6.21 Å². The van der Waals surface area contributed by atoms with E-state index >= 15 is 0 Å². The lowest BCUT2D eigenvalue weighted by atomic mass is 9.73. The third-order valence-corrected chi connectivity index (χ3v) is 2.89. The fourth-order valence-electron chi connectivity index (χ4n) is 1.83. The molecule has 1 aliphatic rings. The van der Waals surface area contributed by atoms with Gasteiger partial charge in [-0.05, 0) is 36.2 Å². The number of rotatable bonds is 1. The van der Waals surface area contributed by atoms with Crippen LogP contribution < -0.4 is 0 Å². The fourth-order valence-corrected chi connectivity index (χ4v) is 1.83. The number of oxime groups is 1. The largest absolute Gasteiger partial charge is 0.411 e. The normalized spacial score (nSPS) is 24.8. The summed E-state index contributed by atoms with van der Waals surface area (Å²) < 4.78 is 0. The molecule has 0 aromatic carbocycles. The van der Waals surface area contributed by atoms with E-state index in [2.05, 4.69) is 32.0 Å². The molecule has 0 spiro atoms. The molecule has 2 heteroatoms. The second kappa shape index (κ2) is 3.95. The van der Waals surface area contributed by atoms with Gasteiger partial charge in [-0.25, -0.2) is 0 Å². The van der Waals surface area contributed by atoms with Crippen molar-refractivity contribution in [2.75, 3.05) is 0 Å². The maximum absolute atomic E-state index is 8.37. The first-order valence-electron chi connectivity index (χ1n) is 4.90. The molecule has 2 nitrogen and oxygen atoms in total. The predicted octanol–water partition coefficient (Wildman–Crippen LogP) is 3.22. The lowest BCUT2D eigenvalue weighted by Crippen LogP contribution is -2.22. The molecule has 1 aliphatic carbocycles. The van der Waals surface area contributed by atoms with Gasteiger partial charge in [-0.3, -0.25) is 0 Å². The van der Waals surface area contributed by atoms with Crippen LogP contribution in [0.15, 0.2) is 16.8 Å². The Morgan fingerprint density at radius 3 is 2.62 bits per heavy atom. The van der Waals surface area contributed by atoms with Gasteiger partial charge in [-0.1, -0.05) is 32.0 Å². The first kappa shape index (κ1) is 10.3. The summed E-state index contributed by atoms with van der Waals surface area (Å²) in [5.74, 6) is 0.767. The van der Waals surface area contributed by atoms with Crippen LogP contribution in [0.25, 0.3) is 0 Å². The van der Waals surface area contributed by atoms with E-state index in [1.807, 2.05) is 0 Å². The van der Waals surface area contributed by atoms with Crippen LogP contribution in [0.2, 0.25) is 0 Å². The second-order valence-corrected chi connectivity index (χ2v) is 4.86. The average Bonchev–Trinajstić information content (AvgIpc) is 2.04. The quantitative estimate of drug-likeness (QED) is 0.376. The minimum atomic E-state index is 0.401. The Bertz CT molecular complexity index is 223. The molecular formula is C11H19NO. The lowest BCUT2D eigenvalue weighted by Gasteiger charge is -2.32. The predicted molar refractivity (Wildman–Crippen MR) is 55.2 cm³/mol. The molecule has 0 aromatic rings. The van der Waals surface area contributed by atoms with Crippen molar-refractivity contribution < 1.29 is 5.21 Å². The van der Waals surface area contributed by atoms with Crippen LogP contribution in [0.3, 0.4) is 0 Å². The van der Waals surface area contributed by atoms with Gasteiger partial charge in [0, 0.05) is 0 Å². The molecule has 74 valence electrons. The minimum Gasteiger partial charge on any atom is -0.411 e. The maximum Gasteiger partial charge on any atom is 0.0690 e. The van der Waals surface area contributed by atoms with Crippen LogP contribution in [0, 0.1) is 11.3 Å². The zero-order valence-electron chi connectivity index (χ0n) is 8.75. The molecule has 1 atom stereocenters. The van der Waals surface area contributed by atoms with Crippen LogP contribution in [0.4, 0.5) is 0 Å². The van der Waals surface area contributed by atoms with Gasteiger partial charge in [0.15, 0.2) is 0 Å². The number of nitrogens with zero attached hydrogens (tertiary/aromatic N) is 1.